The SMILES string of the molecule is CC(NS(=O)(=O)c1ccccc1)C(=O)NCC1CNC1.Cl. The predicted molar refractivity (Wildman–Crippen MR) is 82.8 cm³/mol. The first-order valence-corrected chi connectivity index (χ1v) is 8.03. The lowest BCUT2D eigenvalue weighted by molar-refractivity contribution is -0.122. The average molecular weight is 334 g/mol. The summed E-state index contributed by atoms with van der Waals surface area (Å²) in [4.78, 5) is 12.0. The Hall–Kier alpha value is -1.15. The van der Waals surface area contributed by atoms with Gasteiger partial charge in [0.15, 0.2) is 0 Å². The fraction of sp³-hybridized carbons (Fsp3) is 0.462. The molecule has 1 atom stereocenters. The Labute approximate surface area is 131 Å². The molecule has 0 saturated carbocycles. The van der Waals surface area contributed by atoms with Crippen molar-refractivity contribution in [3.05, 3.63) is 30.3 Å². The highest BCUT2D eigenvalue weighted by atomic mass is 35.5. The molecule has 1 saturated heterocycles. The van der Waals surface area contributed by atoms with Gasteiger partial charge in [0, 0.05) is 25.6 Å². The Balaban J connectivity index is 0.00000220. The number of carbonyl (C=O) groups is 1. The van der Waals surface area contributed by atoms with E-state index in [0.29, 0.717) is 12.5 Å². The van der Waals surface area contributed by atoms with Crippen molar-refractivity contribution >= 4 is 28.3 Å². The second kappa shape index (κ2) is 7.74. The largest absolute Gasteiger partial charge is 0.354 e. The van der Waals surface area contributed by atoms with Crippen LogP contribution in [0.25, 0.3) is 0 Å². The second-order valence-electron chi connectivity index (χ2n) is 4.93. The molecule has 1 unspecified atom stereocenters. The number of carbonyl (C=O) groups excluding carboxylic acids is 1. The Morgan fingerprint density at radius 3 is 2.48 bits per heavy atom. The number of hydrogen-bond acceptors (Lipinski definition) is 4. The van der Waals surface area contributed by atoms with Crippen LogP contribution < -0.4 is 15.4 Å². The summed E-state index contributed by atoms with van der Waals surface area (Å²) in [5.74, 6) is 0.133. The zero-order valence-corrected chi connectivity index (χ0v) is 13.3. The van der Waals surface area contributed by atoms with Crippen LogP contribution in [0.4, 0.5) is 0 Å². The Morgan fingerprint density at radius 2 is 1.95 bits per heavy atom. The molecule has 2 rings (SSSR count). The summed E-state index contributed by atoms with van der Waals surface area (Å²) in [6.07, 6.45) is 0. The molecule has 1 aliphatic rings. The van der Waals surface area contributed by atoms with Gasteiger partial charge < -0.3 is 10.6 Å². The van der Waals surface area contributed by atoms with Gasteiger partial charge in [-0.05, 0) is 19.1 Å². The molecule has 1 aromatic carbocycles. The first-order chi connectivity index (χ1) is 9.49. The lowest BCUT2D eigenvalue weighted by Crippen LogP contribution is -2.51. The molecule has 0 aromatic heterocycles. The Kier molecular flexibility index (Phi) is 6.60. The summed E-state index contributed by atoms with van der Waals surface area (Å²) in [5.41, 5.74) is 0. The van der Waals surface area contributed by atoms with Gasteiger partial charge >= 0.3 is 0 Å². The third kappa shape index (κ3) is 4.96. The molecule has 1 aliphatic heterocycles. The normalized spacial score (nSPS) is 16.4. The van der Waals surface area contributed by atoms with Gasteiger partial charge in [-0.3, -0.25) is 4.79 Å². The minimum Gasteiger partial charge on any atom is -0.354 e. The molecule has 1 aromatic rings. The van der Waals surface area contributed by atoms with Crippen molar-refractivity contribution in [1.82, 2.24) is 15.4 Å². The maximum atomic E-state index is 12.1. The van der Waals surface area contributed by atoms with Gasteiger partial charge in [0.25, 0.3) is 0 Å². The molecule has 8 heteroatoms. The number of halogens is 1. The molecule has 0 bridgehead atoms. The molecular formula is C13H20ClN3O3S. The van der Waals surface area contributed by atoms with Gasteiger partial charge in [-0.2, -0.15) is 4.72 Å². The van der Waals surface area contributed by atoms with Gasteiger partial charge in [0.1, 0.15) is 0 Å². The topological polar surface area (TPSA) is 87.3 Å². The van der Waals surface area contributed by atoms with E-state index in [9.17, 15) is 13.2 Å². The maximum Gasteiger partial charge on any atom is 0.241 e. The smallest absolute Gasteiger partial charge is 0.241 e. The molecule has 1 amide bonds. The van der Waals surface area contributed by atoms with Crippen LogP contribution in [0.5, 0.6) is 0 Å². The van der Waals surface area contributed by atoms with E-state index >= 15 is 0 Å². The van der Waals surface area contributed by atoms with Crippen molar-refractivity contribution in [2.24, 2.45) is 5.92 Å². The molecule has 0 spiro atoms. The monoisotopic (exact) mass is 333 g/mol. The van der Waals surface area contributed by atoms with Crippen molar-refractivity contribution in [1.29, 1.82) is 0 Å². The van der Waals surface area contributed by atoms with E-state index in [0.717, 1.165) is 13.1 Å². The molecule has 1 heterocycles. The molecule has 3 N–H and O–H groups in total. The van der Waals surface area contributed by atoms with Crippen LogP contribution in [0.3, 0.4) is 0 Å². The quantitative estimate of drug-likeness (QED) is 0.689. The molecule has 118 valence electrons. The average Bonchev–Trinajstić information content (AvgIpc) is 2.37. The molecular weight excluding hydrogens is 314 g/mol. The highest BCUT2D eigenvalue weighted by Crippen LogP contribution is 2.08. The Morgan fingerprint density at radius 1 is 1.33 bits per heavy atom. The van der Waals surface area contributed by atoms with Crippen molar-refractivity contribution < 1.29 is 13.2 Å². The lowest BCUT2D eigenvalue weighted by Gasteiger charge is -2.27. The van der Waals surface area contributed by atoms with Crippen LogP contribution in [0.2, 0.25) is 0 Å². The van der Waals surface area contributed by atoms with Crippen molar-refractivity contribution in [2.75, 3.05) is 19.6 Å². The third-order valence-corrected chi connectivity index (χ3v) is 4.77. The highest BCUT2D eigenvalue weighted by molar-refractivity contribution is 7.89. The summed E-state index contributed by atoms with van der Waals surface area (Å²) in [6.45, 7) is 3.90. The fourth-order valence-corrected chi connectivity index (χ4v) is 3.07. The van der Waals surface area contributed by atoms with E-state index in [4.69, 9.17) is 0 Å². The van der Waals surface area contributed by atoms with Crippen LogP contribution in [0.15, 0.2) is 35.2 Å². The van der Waals surface area contributed by atoms with Gasteiger partial charge in [-0.1, -0.05) is 18.2 Å². The van der Waals surface area contributed by atoms with Gasteiger partial charge in [0.2, 0.25) is 15.9 Å². The number of hydrogen-bond donors (Lipinski definition) is 3. The van der Waals surface area contributed by atoms with Crippen molar-refractivity contribution in [2.45, 2.75) is 17.9 Å². The van der Waals surface area contributed by atoms with E-state index in [-0.39, 0.29) is 23.2 Å². The fourth-order valence-electron chi connectivity index (χ4n) is 1.84. The van der Waals surface area contributed by atoms with Gasteiger partial charge in [-0.15, -0.1) is 12.4 Å². The van der Waals surface area contributed by atoms with Crippen molar-refractivity contribution in [3.8, 4) is 0 Å². The van der Waals surface area contributed by atoms with Gasteiger partial charge in [0.05, 0.1) is 10.9 Å². The van der Waals surface area contributed by atoms with Crippen LogP contribution in [0.1, 0.15) is 6.92 Å². The molecule has 0 aliphatic carbocycles. The number of sulfonamides is 1. The zero-order chi connectivity index (χ0) is 14.6. The standard InChI is InChI=1S/C13H19N3O3S.ClH/c1-10(13(17)15-9-11-7-14-8-11)16-20(18,19)12-5-3-2-4-6-12;/h2-6,10-11,14,16H,7-9H2,1H3,(H,15,17);1H. The molecule has 1 fully saturated rings. The van der Waals surface area contributed by atoms with E-state index in [1.807, 2.05) is 0 Å². The minimum atomic E-state index is -3.66. The molecule has 21 heavy (non-hydrogen) atoms. The molecule has 6 nitrogen and oxygen atoms in total. The molecule has 0 radical (unpaired) electrons. The third-order valence-electron chi connectivity index (χ3n) is 3.21. The zero-order valence-electron chi connectivity index (χ0n) is 11.7. The van der Waals surface area contributed by atoms with Crippen LogP contribution in [0, 0.1) is 5.92 Å². The summed E-state index contributed by atoms with van der Waals surface area (Å²) >= 11 is 0. The number of nitrogens with one attached hydrogen (secondary N) is 3. The first kappa shape index (κ1) is 17.9. The van der Waals surface area contributed by atoms with E-state index in [2.05, 4.69) is 15.4 Å². The van der Waals surface area contributed by atoms with Crippen LogP contribution in [-0.2, 0) is 14.8 Å². The number of rotatable bonds is 6. The summed E-state index contributed by atoms with van der Waals surface area (Å²) < 4.78 is 26.5. The van der Waals surface area contributed by atoms with Crippen LogP contribution >= 0.6 is 12.4 Å². The van der Waals surface area contributed by atoms with Gasteiger partial charge in [-0.25, -0.2) is 8.42 Å². The van der Waals surface area contributed by atoms with Crippen LogP contribution in [-0.4, -0.2) is 40.0 Å². The maximum absolute atomic E-state index is 12.1. The number of amides is 1. The minimum absolute atomic E-state index is 0. The lowest BCUT2D eigenvalue weighted by atomic mass is 10.0. The number of benzene rings is 1. The highest BCUT2D eigenvalue weighted by Gasteiger charge is 2.23. The second-order valence-corrected chi connectivity index (χ2v) is 6.64. The summed E-state index contributed by atoms with van der Waals surface area (Å²) in [5, 5.41) is 5.86. The van der Waals surface area contributed by atoms with E-state index in [1.54, 1.807) is 18.2 Å². The van der Waals surface area contributed by atoms with Crippen molar-refractivity contribution in [3.63, 3.8) is 0 Å². The predicted octanol–water partition coefficient (Wildman–Crippen LogP) is 0.111. The first-order valence-electron chi connectivity index (χ1n) is 6.55. The summed E-state index contributed by atoms with van der Waals surface area (Å²) in [7, 11) is -3.66. The summed E-state index contributed by atoms with van der Waals surface area (Å²) in [6, 6.07) is 7.21. The Bertz CT molecular complexity index is 561. The van der Waals surface area contributed by atoms with E-state index in [1.165, 1.54) is 19.1 Å². The van der Waals surface area contributed by atoms with E-state index < -0.39 is 16.1 Å².